The van der Waals surface area contributed by atoms with Gasteiger partial charge in [-0.1, -0.05) is 35.9 Å². The van der Waals surface area contributed by atoms with Crippen LogP contribution in [-0.4, -0.2) is 59.2 Å². The van der Waals surface area contributed by atoms with E-state index in [4.69, 9.17) is 11.6 Å². The molecular weight excluding hydrogens is 454 g/mol. The number of anilines is 1. The molecule has 0 unspecified atom stereocenters. The van der Waals surface area contributed by atoms with Crippen molar-refractivity contribution in [2.45, 2.75) is 13.1 Å². The van der Waals surface area contributed by atoms with Gasteiger partial charge >= 0.3 is 11.1 Å². The minimum absolute atomic E-state index is 0.202. The average molecular weight is 482 g/mol. The topological polar surface area (TPSA) is 79.6 Å². The van der Waals surface area contributed by atoms with Gasteiger partial charge in [-0.2, -0.15) is 0 Å². The Morgan fingerprint density at radius 2 is 1.65 bits per heavy atom. The summed E-state index contributed by atoms with van der Waals surface area (Å²) in [5, 5.41) is 3.61. The molecule has 1 fully saturated rings. The molecule has 2 aromatic carbocycles. The van der Waals surface area contributed by atoms with Gasteiger partial charge in [-0.15, -0.1) is 6.58 Å². The Labute approximate surface area is 202 Å². The smallest absolute Gasteiger partial charge is 0.317 e. The highest BCUT2D eigenvalue weighted by atomic mass is 35.5. The normalized spacial score (nSPS) is 14.3. The van der Waals surface area contributed by atoms with Crippen molar-refractivity contribution in [2.24, 2.45) is 0 Å². The average Bonchev–Trinajstić information content (AvgIpc) is 2.85. The van der Waals surface area contributed by atoms with Gasteiger partial charge in [0.2, 0.25) is 5.91 Å². The third-order valence-corrected chi connectivity index (χ3v) is 6.28. The third kappa shape index (κ3) is 5.24. The lowest BCUT2D eigenvalue weighted by Crippen LogP contribution is -2.49. The van der Waals surface area contributed by atoms with Crippen LogP contribution in [0.4, 0.5) is 5.69 Å². The summed E-state index contributed by atoms with van der Waals surface area (Å²) in [5.41, 5.74) is 0.878. The number of hydrogen-bond acceptors (Lipinski definition) is 5. The summed E-state index contributed by atoms with van der Waals surface area (Å²) in [6.07, 6.45) is 1.57. The molecular formula is C25H28ClN5O3. The molecule has 0 bridgehead atoms. The zero-order valence-corrected chi connectivity index (χ0v) is 19.7. The Bertz CT molecular complexity index is 1310. The van der Waals surface area contributed by atoms with Gasteiger partial charge in [-0.25, -0.2) is 0 Å². The molecule has 8 nitrogen and oxygen atoms in total. The van der Waals surface area contributed by atoms with Crippen LogP contribution in [0.25, 0.3) is 11.0 Å². The van der Waals surface area contributed by atoms with Crippen LogP contribution in [0, 0.1) is 0 Å². The number of hydrogen-bond donors (Lipinski definition) is 1. The summed E-state index contributed by atoms with van der Waals surface area (Å²) < 4.78 is 2.62. The van der Waals surface area contributed by atoms with E-state index >= 15 is 0 Å². The first-order valence-electron chi connectivity index (χ1n) is 11.3. The van der Waals surface area contributed by atoms with Crippen molar-refractivity contribution in [3.63, 3.8) is 0 Å². The van der Waals surface area contributed by atoms with Crippen LogP contribution in [0.5, 0.6) is 0 Å². The van der Waals surface area contributed by atoms with Crippen LogP contribution < -0.4 is 21.3 Å². The van der Waals surface area contributed by atoms with Gasteiger partial charge in [0.05, 0.1) is 11.0 Å². The standard InChI is InChI=1S/C25H28ClN5O3/c1-2-11-30-21-8-3-4-9-22(21)31(25(34)24(30)33)18-23(32)27-10-12-28-13-15-29(16-14-28)20-7-5-6-19(26)17-20/h2-9,17H,1,10-16,18H2,(H,27,32). The van der Waals surface area contributed by atoms with Gasteiger partial charge in [-0.05, 0) is 30.3 Å². The van der Waals surface area contributed by atoms with E-state index in [0.717, 1.165) is 36.9 Å². The van der Waals surface area contributed by atoms with E-state index in [0.29, 0.717) is 24.1 Å². The van der Waals surface area contributed by atoms with Crippen molar-refractivity contribution >= 4 is 34.2 Å². The van der Waals surface area contributed by atoms with Crippen LogP contribution in [-0.2, 0) is 17.9 Å². The largest absolute Gasteiger partial charge is 0.369 e. The van der Waals surface area contributed by atoms with Crippen molar-refractivity contribution < 1.29 is 4.79 Å². The van der Waals surface area contributed by atoms with E-state index in [1.165, 1.54) is 9.13 Å². The number of piperazine rings is 1. The van der Waals surface area contributed by atoms with Crippen molar-refractivity contribution in [3.05, 3.63) is 86.9 Å². The van der Waals surface area contributed by atoms with Crippen molar-refractivity contribution in [2.75, 3.05) is 44.2 Å². The second kappa shape index (κ2) is 10.7. The highest BCUT2D eigenvalue weighted by Gasteiger charge is 2.18. The maximum atomic E-state index is 12.7. The lowest BCUT2D eigenvalue weighted by Gasteiger charge is -2.36. The fourth-order valence-electron chi connectivity index (χ4n) is 4.29. The number of para-hydroxylation sites is 2. The second-order valence-electron chi connectivity index (χ2n) is 8.24. The van der Waals surface area contributed by atoms with E-state index in [2.05, 4.69) is 27.8 Å². The molecule has 0 atom stereocenters. The highest BCUT2D eigenvalue weighted by Crippen LogP contribution is 2.20. The van der Waals surface area contributed by atoms with Crippen LogP contribution in [0.15, 0.2) is 70.8 Å². The van der Waals surface area contributed by atoms with Crippen molar-refractivity contribution in [3.8, 4) is 0 Å². The Hall–Kier alpha value is -3.36. The van der Waals surface area contributed by atoms with Gasteiger partial charge in [-0.3, -0.25) is 28.4 Å². The Balaban J connectivity index is 1.33. The molecule has 1 saturated heterocycles. The van der Waals surface area contributed by atoms with Gasteiger partial charge in [0.15, 0.2) is 0 Å². The van der Waals surface area contributed by atoms with Crippen LogP contribution in [0.1, 0.15) is 0 Å². The summed E-state index contributed by atoms with van der Waals surface area (Å²) in [7, 11) is 0. The van der Waals surface area contributed by atoms with E-state index in [9.17, 15) is 14.4 Å². The number of nitrogens with zero attached hydrogens (tertiary/aromatic N) is 4. The first-order chi connectivity index (χ1) is 16.5. The van der Waals surface area contributed by atoms with Crippen LogP contribution in [0.3, 0.4) is 0 Å². The van der Waals surface area contributed by atoms with Gasteiger partial charge in [0.1, 0.15) is 6.54 Å². The van der Waals surface area contributed by atoms with E-state index < -0.39 is 11.1 Å². The molecule has 1 amide bonds. The monoisotopic (exact) mass is 481 g/mol. The van der Waals surface area contributed by atoms with Gasteiger partial charge in [0, 0.05) is 56.5 Å². The van der Waals surface area contributed by atoms with Gasteiger partial charge in [0.25, 0.3) is 0 Å². The number of rotatable bonds is 8. The lowest BCUT2D eigenvalue weighted by atomic mass is 10.2. The van der Waals surface area contributed by atoms with Gasteiger partial charge < -0.3 is 10.2 Å². The minimum Gasteiger partial charge on any atom is -0.369 e. The molecule has 9 heteroatoms. The fraction of sp³-hybridized carbons (Fsp3) is 0.320. The summed E-state index contributed by atoms with van der Waals surface area (Å²) in [6, 6.07) is 14.9. The Morgan fingerprint density at radius 3 is 2.32 bits per heavy atom. The molecule has 0 spiro atoms. The number of carbonyl (C=O) groups is 1. The molecule has 0 saturated carbocycles. The number of carbonyl (C=O) groups excluding carboxylic acids is 1. The molecule has 4 rings (SSSR count). The number of fused-ring (bicyclic) bond motifs is 1. The molecule has 0 aliphatic carbocycles. The lowest BCUT2D eigenvalue weighted by molar-refractivity contribution is -0.121. The summed E-state index contributed by atoms with van der Waals surface area (Å²) in [5.74, 6) is -0.300. The summed E-state index contributed by atoms with van der Waals surface area (Å²) in [6.45, 7) is 8.40. The first-order valence-corrected chi connectivity index (χ1v) is 11.7. The first kappa shape index (κ1) is 23.8. The second-order valence-corrected chi connectivity index (χ2v) is 8.68. The molecule has 1 aliphatic rings. The zero-order chi connectivity index (χ0) is 24.1. The number of benzene rings is 2. The summed E-state index contributed by atoms with van der Waals surface area (Å²) in [4.78, 5) is 42.5. The predicted molar refractivity (Wildman–Crippen MR) is 136 cm³/mol. The number of halogens is 1. The Morgan fingerprint density at radius 1 is 0.971 bits per heavy atom. The maximum Gasteiger partial charge on any atom is 0.317 e. The van der Waals surface area contributed by atoms with E-state index in [-0.39, 0.29) is 19.0 Å². The Kier molecular flexibility index (Phi) is 7.49. The zero-order valence-electron chi connectivity index (χ0n) is 19.0. The molecule has 2 heterocycles. The number of allylic oxidation sites excluding steroid dienone is 1. The molecule has 178 valence electrons. The molecule has 1 aliphatic heterocycles. The number of amides is 1. The fourth-order valence-corrected chi connectivity index (χ4v) is 4.48. The molecule has 34 heavy (non-hydrogen) atoms. The van der Waals surface area contributed by atoms with E-state index in [1.54, 1.807) is 30.3 Å². The number of nitrogens with one attached hydrogen (secondary N) is 1. The maximum absolute atomic E-state index is 12.7. The molecule has 3 aromatic rings. The minimum atomic E-state index is -0.715. The summed E-state index contributed by atoms with van der Waals surface area (Å²) >= 11 is 6.10. The van der Waals surface area contributed by atoms with Crippen LogP contribution >= 0.6 is 11.6 Å². The van der Waals surface area contributed by atoms with E-state index in [1.807, 2.05) is 18.2 Å². The van der Waals surface area contributed by atoms with Crippen LogP contribution in [0.2, 0.25) is 5.02 Å². The number of aromatic nitrogens is 2. The SMILES string of the molecule is C=CCn1c(=O)c(=O)n(CC(=O)NCCN2CCN(c3cccc(Cl)c3)CC2)c2ccccc21. The third-order valence-electron chi connectivity index (χ3n) is 6.05. The molecule has 1 N–H and O–H groups in total. The van der Waals surface area contributed by atoms with Crippen molar-refractivity contribution in [1.82, 2.24) is 19.4 Å². The van der Waals surface area contributed by atoms with Crippen molar-refractivity contribution in [1.29, 1.82) is 0 Å². The highest BCUT2D eigenvalue weighted by molar-refractivity contribution is 6.30. The molecule has 0 radical (unpaired) electrons. The quantitative estimate of drug-likeness (QED) is 0.393. The molecule has 1 aromatic heterocycles. The predicted octanol–water partition coefficient (Wildman–Crippen LogP) is 1.94.